The summed E-state index contributed by atoms with van der Waals surface area (Å²) in [6.45, 7) is 1.23. The van der Waals surface area contributed by atoms with Crippen molar-refractivity contribution < 1.29 is 14.3 Å². The number of fused-ring (bicyclic) bond motifs is 1. The zero-order chi connectivity index (χ0) is 20.2. The summed E-state index contributed by atoms with van der Waals surface area (Å²) < 4.78 is 5.11. The third-order valence-corrected chi connectivity index (χ3v) is 4.81. The van der Waals surface area contributed by atoms with E-state index >= 15 is 0 Å². The zero-order valence-corrected chi connectivity index (χ0v) is 15.9. The van der Waals surface area contributed by atoms with Gasteiger partial charge in [-0.2, -0.15) is 5.10 Å². The van der Waals surface area contributed by atoms with Crippen LogP contribution in [-0.2, 0) is 19.6 Å². The summed E-state index contributed by atoms with van der Waals surface area (Å²) in [4.78, 5) is 26.6. The summed E-state index contributed by atoms with van der Waals surface area (Å²) in [5.74, 6) is 0.936. The Kier molecular flexibility index (Phi) is 5.15. The minimum atomic E-state index is -0.258. The number of nitrogens with zero attached hydrogens (tertiary/aromatic N) is 2. The Balaban J connectivity index is 1.37. The van der Waals surface area contributed by atoms with Crippen molar-refractivity contribution >= 4 is 17.8 Å². The van der Waals surface area contributed by atoms with Gasteiger partial charge >= 0.3 is 6.03 Å². The van der Waals surface area contributed by atoms with Crippen LogP contribution in [0.5, 0.6) is 5.75 Å². The lowest BCUT2D eigenvalue weighted by atomic mass is 10.2. The quantitative estimate of drug-likeness (QED) is 0.623. The number of carbonyl (C=O) groups is 2. The third-order valence-electron chi connectivity index (χ3n) is 4.81. The van der Waals surface area contributed by atoms with E-state index in [1.807, 2.05) is 30.3 Å². The van der Waals surface area contributed by atoms with Crippen molar-refractivity contribution in [3.63, 3.8) is 0 Å². The van der Waals surface area contributed by atoms with Gasteiger partial charge in [0.25, 0.3) is 5.91 Å². The Morgan fingerprint density at radius 1 is 1.10 bits per heavy atom. The number of rotatable bonds is 5. The number of methoxy groups -OCH3 is 1. The van der Waals surface area contributed by atoms with Gasteiger partial charge in [-0.15, -0.1) is 0 Å². The van der Waals surface area contributed by atoms with E-state index in [-0.39, 0.29) is 11.9 Å². The van der Waals surface area contributed by atoms with E-state index in [4.69, 9.17) is 4.74 Å². The maximum atomic E-state index is 12.5. The lowest BCUT2D eigenvalue weighted by Gasteiger charge is -2.17. The first-order valence-corrected chi connectivity index (χ1v) is 9.22. The predicted octanol–water partition coefficient (Wildman–Crippen LogP) is 2.90. The molecule has 1 aromatic heterocycles. The molecule has 3 amide bonds. The van der Waals surface area contributed by atoms with Gasteiger partial charge < -0.3 is 20.3 Å². The number of carbonyl (C=O) groups excluding carboxylic acids is 2. The molecule has 0 saturated heterocycles. The van der Waals surface area contributed by atoms with E-state index in [1.165, 1.54) is 0 Å². The van der Waals surface area contributed by atoms with Gasteiger partial charge in [0.15, 0.2) is 0 Å². The molecule has 4 rings (SSSR count). The third kappa shape index (κ3) is 4.06. The molecular formula is C21H21N5O3. The van der Waals surface area contributed by atoms with E-state index in [0.29, 0.717) is 36.8 Å². The molecule has 29 heavy (non-hydrogen) atoms. The molecule has 8 nitrogen and oxygen atoms in total. The molecule has 0 aliphatic carbocycles. The Bertz CT molecular complexity index is 1010. The monoisotopic (exact) mass is 391 g/mol. The number of ether oxygens (including phenoxy) is 1. The minimum absolute atomic E-state index is 0.167. The fourth-order valence-corrected chi connectivity index (χ4v) is 3.19. The first kappa shape index (κ1) is 18.5. The SMILES string of the molecule is COc1ccc(C(=O)Nc2[nH]nc3c2CN(C(=O)NCc2ccccc2)C3)cc1. The number of hydrogen-bond donors (Lipinski definition) is 3. The Hall–Kier alpha value is -3.81. The van der Waals surface area contributed by atoms with Crippen LogP contribution < -0.4 is 15.4 Å². The number of amides is 3. The van der Waals surface area contributed by atoms with Gasteiger partial charge in [0.2, 0.25) is 0 Å². The van der Waals surface area contributed by atoms with E-state index < -0.39 is 0 Å². The van der Waals surface area contributed by atoms with Gasteiger partial charge in [0.1, 0.15) is 11.6 Å². The van der Waals surface area contributed by atoms with Crippen molar-refractivity contribution in [3.8, 4) is 5.75 Å². The fourth-order valence-electron chi connectivity index (χ4n) is 3.19. The highest BCUT2D eigenvalue weighted by molar-refractivity contribution is 6.04. The Morgan fingerprint density at radius 3 is 2.59 bits per heavy atom. The van der Waals surface area contributed by atoms with E-state index in [0.717, 1.165) is 16.8 Å². The second-order valence-electron chi connectivity index (χ2n) is 6.71. The van der Waals surface area contributed by atoms with Crippen LogP contribution in [0.15, 0.2) is 54.6 Å². The molecule has 3 N–H and O–H groups in total. The molecule has 1 aliphatic rings. The first-order valence-electron chi connectivity index (χ1n) is 9.22. The molecule has 0 saturated carbocycles. The van der Waals surface area contributed by atoms with Crippen LogP contribution in [0.4, 0.5) is 10.6 Å². The van der Waals surface area contributed by atoms with Gasteiger partial charge in [-0.1, -0.05) is 30.3 Å². The molecule has 0 radical (unpaired) electrons. The number of hydrogen-bond acceptors (Lipinski definition) is 4. The largest absolute Gasteiger partial charge is 0.497 e. The summed E-state index contributed by atoms with van der Waals surface area (Å²) in [7, 11) is 1.57. The second kappa shape index (κ2) is 8.05. The molecular weight excluding hydrogens is 370 g/mol. The Labute approximate surface area is 167 Å². The highest BCUT2D eigenvalue weighted by atomic mass is 16.5. The lowest BCUT2D eigenvalue weighted by molar-refractivity contribution is 0.102. The summed E-state index contributed by atoms with van der Waals surface area (Å²) in [6.07, 6.45) is 0. The number of nitrogens with one attached hydrogen (secondary N) is 3. The number of H-pyrrole nitrogens is 1. The number of aromatic amines is 1. The predicted molar refractivity (Wildman–Crippen MR) is 107 cm³/mol. The van der Waals surface area contributed by atoms with Crippen LogP contribution >= 0.6 is 0 Å². The average molecular weight is 391 g/mol. The van der Waals surface area contributed by atoms with E-state index in [9.17, 15) is 9.59 Å². The van der Waals surface area contributed by atoms with Crippen molar-refractivity contribution in [2.45, 2.75) is 19.6 Å². The Morgan fingerprint density at radius 2 is 1.86 bits per heavy atom. The molecule has 0 fully saturated rings. The first-order chi connectivity index (χ1) is 14.1. The molecule has 0 bridgehead atoms. The van der Waals surface area contributed by atoms with Gasteiger partial charge in [0.05, 0.1) is 25.9 Å². The van der Waals surface area contributed by atoms with Crippen molar-refractivity contribution in [3.05, 3.63) is 77.0 Å². The second-order valence-corrected chi connectivity index (χ2v) is 6.71. The standard InChI is InChI=1S/C21H21N5O3/c1-29-16-9-7-15(8-10-16)20(27)23-19-17-12-26(13-18(17)24-25-19)21(28)22-11-14-5-3-2-4-6-14/h2-10H,11-13H2,1H3,(H,22,28)(H2,23,24,25,27). The molecule has 0 atom stereocenters. The molecule has 3 aromatic rings. The van der Waals surface area contributed by atoms with Gasteiger partial charge in [-0.3, -0.25) is 9.89 Å². The molecule has 1 aliphatic heterocycles. The minimum Gasteiger partial charge on any atom is -0.497 e. The van der Waals surface area contributed by atoms with Crippen molar-refractivity contribution in [1.82, 2.24) is 20.4 Å². The number of aromatic nitrogens is 2. The van der Waals surface area contributed by atoms with E-state index in [1.54, 1.807) is 36.3 Å². The van der Waals surface area contributed by atoms with E-state index in [2.05, 4.69) is 20.8 Å². The molecule has 0 spiro atoms. The van der Waals surface area contributed by atoms with Crippen LogP contribution in [0.1, 0.15) is 27.2 Å². The van der Waals surface area contributed by atoms with Gasteiger partial charge in [0, 0.05) is 17.7 Å². The molecule has 0 unspecified atom stereocenters. The number of anilines is 1. The smallest absolute Gasteiger partial charge is 0.318 e. The highest BCUT2D eigenvalue weighted by Crippen LogP contribution is 2.27. The van der Waals surface area contributed by atoms with Crippen molar-refractivity contribution in [2.24, 2.45) is 0 Å². The van der Waals surface area contributed by atoms with Crippen LogP contribution in [0, 0.1) is 0 Å². The lowest BCUT2D eigenvalue weighted by Crippen LogP contribution is -2.36. The molecule has 2 heterocycles. The van der Waals surface area contributed by atoms with Crippen LogP contribution in [0.25, 0.3) is 0 Å². The number of urea groups is 1. The van der Waals surface area contributed by atoms with Gasteiger partial charge in [-0.25, -0.2) is 4.79 Å². The maximum absolute atomic E-state index is 12.5. The summed E-state index contributed by atoms with van der Waals surface area (Å²) >= 11 is 0. The summed E-state index contributed by atoms with van der Waals surface area (Å²) in [6, 6.07) is 16.4. The van der Waals surface area contributed by atoms with Gasteiger partial charge in [-0.05, 0) is 29.8 Å². The summed E-state index contributed by atoms with van der Waals surface area (Å²) in [5, 5.41) is 12.8. The highest BCUT2D eigenvalue weighted by Gasteiger charge is 2.29. The maximum Gasteiger partial charge on any atom is 0.318 e. The topological polar surface area (TPSA) is 99.3 Å². The average Bonchev–Trinajstić information content (AvgIpc) is 3.35. The molecule has 2 aromatic carbocycles. The molecule has 148 valence electrons. The fraction of sp³-hybridized carbons (Fsp3) is 0.190. The van der Waals surface area contributed by atoms with Crippen LogP contribution in [0.3, 0.4) is 0 Å². The van der Waals surface area contributed by atoms with Crippen molar-refractivity contribution in [1.29, 1.82) is 0 Å². The van der Waals surface area contributed by atoms with Crippen molar-refractivity contribution in [2.75, 3.05) is 12.4 Å². The zero-order valence-electron chi connectivity index (χ0n) is 15.9. The number of benzene rings is 2. The molecule has 8 heteroatoms. The normalized spacial score (nSPS) is 12.4. The van der Waals surface area contributed by atoms with Crippen LogP contribution in [-0.4, -0.2) is 34.1 Å². The van der Waals surface area contributed by atoms with Crippen LogP contribution in [0.2, 0.25) is 0 Å². The summed E-state index contributed by atoms with van der Waals surface area (Å²) in [5.41, 5.74) is 3.11.